The lowest BCUT2D eigenvalue weighted by Crippen LogP contribution is -2.28. The van der Waals surface area contributed by atoms with E-state index in [0.717, 1.165) is 22.4 Å². The van der Waals surface area contributed by atoms with Gasteiger partial charge in [-0.3, -0.25) is 9.69 Å². The molecule has 1 aromatic heterocycles. The number of aliphatic imine (C=N–C) groups is 1. The van der Waals surface area contributed by atoms with Gasteiger partial charge in [-0.25, -0.2) is 4.99 Å². The Hall–Kier alpha value is -3.91. The van der Waals surface area contributed by atoms with E-state index in [1.54, 1.807) is 42.5 Å². The summed E-state index contributed by atoms with van der Waals surface area (Å²) < 4.78 is 17.4. The van der Waals surface area contributed by atoms with Crippen LogP contribution in [0.3, 0.4) is 0 Å². The summed E-state index contributed by atoms with van der Waals surface area (Å²) in [6.45, 7) is 4.40. The van der Waals surface area contributed by atoms with Gasteiger partial charge in [0.25, 0.3) is 5.91 Å². The number of benzene rings is 3. The average Bonchev–Trinajstić information content (AvgIpc) is 3.58. The highest BCUT2D eigenvalue weighted by Crippen LogP contribution is 2.39. The number of furan rings is 1. The first-order valence-corrected chi connectivity index (χ1v) is 14.3. The molecular formula is C32H26Cl2N2O4S. The van der Waals surface area contributed by atoms with Crippen LogP contribution in [0.5, 0.6) is 11.5 Å². The number of carbonyl (C=O) groups is 1. The smallest absolute Gasteiger partial charge is 0.267 e. The Balaban J connectivity index is 1.47. The molecule has 1 aliphatic heterocycles. The maximum absolute atomic E-state index is 13.6. The molecule has 0 atom stereocenters. The van der Waals surface area contributed by atoms with E-state index in [1.807, 2.05) is 60.7 Å². The minimum atomic E-state index is -0.164. The molecule has 1 fully saturated rings. The monoisotopic (exact) mass is 604 g/mol. The van der Waals surface area contributed by atoms with E-state index in [0.29, 0.717) is 43.8 Å². The summed E-state index contributed by atoms with van der Waals surface area (Å²) in [5.74, 6) is 1.61. The molecule has 0 bridgehead atoms. The number of carbonyl (C=O) groups excluding carboxylic acids is 1. The molecule has 6 nitrogen and oxygen atoms in total. The van der Waals surface area contributed by atoms with Crippen molar-refractivity contribution >= 4 is 57.8 Å². The van der Waals surface area contributed by atoms with Crippen molar-refractivity contribution in [3.8, 4) is 11.5 Å². The number of allylic oxidation sites excluding steroid dienone is 1. The number of methoxy groups -OCH3 is 1. The zero-order valence-corrected chi connectivity index (χ0v) is 24.5. The predicted octanol–water partition coefficient (Wildman–Crippen LogP) is 8.71. The summed E-state index contributed by atoms with van der Waals surface area (Å²) in [5.41, 5.74) is 3.19. The lowest BCUT2D eigenvalue weighted by Gasteiger charge is -2.16. The fraction of sp³-hybridized carbons (Fsp3) is 0.125. The van der Waals surface area contributed by atoms with Crippen LogP contribution in [0.25, 0.3) is 6.08 Å². The number of rotatable bonds is 10. The molecule has 0 spiro atoms. The maximum Gasteiger partial charge on any atom is 0.267 e. The molecule has 0 radical (unpaired) electrons. The second-order valence-corrected chi connectivity index (χ2v) is 10.9. The van der Waals surface area contributed by atoms with Gasteiger partial charge < -0.3 is 13.9 Å². The van der Waals surface area contributed by atoms with Gasteiger partial charge in [0.1, 0.15) is 12.4 Å². The van der Waals surface area contributed by atoms with Crippen molar-refractivity contribution < 1.29 is 18.7 Å². The largest absolute Gasteiger partial charge is 0.493 e. The summed E-state index contributed by atoms with van der Waals surface area (Å²) in [5, 5.41) is 1.65. The molecule has 208 valence electrons. The number of amides is 1. The van der Waals surface area contributed by atoms with Crippen LogP contribution in [-0.4, -0.2) is 23.1 Å². The standard InChI is InChI=1S/C32H26Cl2N2O4S/c1-3-8-22-15-21(16-28(38-2)30(22)40-20-23-12-13-24(33)18-27(23)34)17-29-31(37)36(19-26-11-7-14-39-26)32(41-29)35-25-9-5-4-6-10-25/h3-7,9-18H,1,8,19-20H2,2H3/b29-17-,35-32?. The van der Waals surface area contributed by atoms with Crippen molar-refractivity contribution in [2.45, 2.75) is 19.6 Å². The van der Waals surface area contributed by atoms with E-state index in [-0.39, 0.29) is 19.1 Å². The first-order chi connectivity index (χ1) is 19.9. The fourth-order valence-corrected chi connectivity index (χ4v) is 5.69. The predicted molar refractivity (Wildman–Crippen MR) is 166 cm³/mol. The second-order valence-electron chi connectivity index (χ2n) is 9.04. The van der Waals surface area contributed by atoms with Crippen LogP contribution in [-0.2, 0) is 24.4 Å². The van der Waals surface area contributed by atoms with Crippen molar-refractivity contribution in [3.05, 3.63) is 129 Å². The van der Waals surface area contributed by atoms with Gasteiger partial charge >= 0.3 is 0 Å². The Kier molecular flexibility index (Phi) is 9.19. The van der Waals surface area contributed by atoms with E-state index in [9.17, 15) is 4.79 Å². The number of hydrogen-bond acceptors (Lipinski definition) is 6. The maximum atomic E-state index is 13.6. The third kappa shape index (κ3) is 6.88. The Morgan fingerprint density at radius 3 is 2.59 bits per heavy atom. The highest BCUT2D eigenvalue weighted by atomic mass is 35.5. The Morgan fingerprint density at radius 2 is 1.88 bits per heavy atom. The van der Waals surface area contributed by atoms with Gasteiger partial charge in [-0.2, -0.15) is 0 Å². The molecule has 0 N–H and O–H groups in total. The van der Waals surface area contributed by atoms with Gasteiger partial charge in [-0.1, -0.05) is 53.5 Å². The molecule has 1 amide bonds. The molecule has 3 aromatic carbocycles. The van der Waals surface area contributed by atoms with Crippen molar-refractivity contribution in [2.75, 3.05) is 7.11 Å². The van der Waals surface area contributed by atoms with Crippen LogP contribution >= 0.6 is 35.0 Å². The van der Waals surface area contributed by atoms with E-state index in [1.165, 1.54) is 11.8 Å². The topological polar surface area (TPSA) is 64.3 Å². The molecular weight excluding hydrogens is 579 g/mol. The summed E-state index contributed by atoms with van der Waals surface area (Å²) in [6, 6.07) is 22.3. The van der Waals surface area contributed by atoms with Gasteiger partial charge in [0.05, 0.1) is 30.5 Å². The minimum Gasteiger partial charge on any atom is -0.493 e. The molecule has 2 heterocycles. The second kappa shape index (κ2) is 13.2. The number of amidine groups is 1. The third-order valence-electron chi connectivity index (χ3n) is 6.19. The normalized spacial score (nSPS) is 15.1. The molecule has 0 unspecified atom stereocenters. The van der Waals surface area contributed by atoms with Gasteiger partial charge in [0, 0.05) is 21.2 Å². The zero-order valence-electron chi connectivity index (χ0n) is 22.2. The summed E-state index contributed by atoms with van der Waals surface area (Å²) in [7, 11) is 1.58. The van der Waals surface area contributed by atoms with E-state index in [2.05, 4.69) is 6.58 Å². The minimum absolute atomic E-state index is 0.164. The quantitative estimate of drug-likeness (QED) is 0.134. The molecule has 5 rings (SSSR count). The van der Waals surface area contributed by atoms with Crippen molar-refractivity contribution in [3.63, 3.8) is 0 Å². The summed E-state index contributed by atoms with van der Waals surface area (Å²) in [6.07, 6.45) is 5.75. The Morgan fingerprint density at radius 1 is 1.05 bits per heavy atom. The highest BCUT2D eigenvalue weighted by molar-refractivity contribution is 8.18. The molecule has 1 saturated heterocycles. The van der Waals surface area contributed by atoms with Crippen LogP contribution in [0, 0.1) is 0 Å². The van der Waals surface area contributed by atoms with Crippen molar-refractivity contribution in [2.24, 2.45) is 4.99 Å². The van der Waals surface area contributed by atoms with Crippen LogP contribution in [0.2, 0.25) is 10.0 Å². The Bertz CT molecular complexity index is 1620. The first kappa shape index (κ1) is 28.6. The third-order valence-corrected chi connectivity index (χ3v) is 7.78. The lowest BCUT2D eigenvalue weighted by atomic mass is 10.0. The van der Waals surface area contributed by atoms with Gasteiger partial charge in [0.2, 0.25) is 0 Å². The van der Waals surface area contributed by atoms with Crippen LogP contribution < -0.4 is 9.47 Å². The molecule has 4 aromatic rings. The van der Waals surface area contributed by atoms with Gasteiger partial charge in [-0.05, 0) is 78.4 Å². The number of hydrogen-bond donors (Lipinski definition) is 0. The van der Waals surface area contributed by atoms with Gasteiger partial charge in [-0.15, -0.1) is 6.58 Å². The number of ether oxygens (including phenoxy) is 2. The van der Waals surface area contributed by atoms with E-state index in [4.69, 9.17) is 42.1 Å². The highest BCUT2D eigenvalue weighted by Gasteiger charge is 2.34. The fourth-order valence-electron chi connectivity index (χ4n) is 4.23. The summed E-state index contributed by atoms with van der Waals surface area (Å²) in [4.78, 5) is 20.5. The zero-order chi connectivity index (χ0) is 28.8. The van der Waals surface area contributed by atoms with E-state index < -0.39 is 0 Å². The van der Waals surface area contributed by atoms with Crippen LogP contribution in [0.1, 0.15) is 22.5 Å². The molecule has 0 aliphatic carbocycles. The number of thioether (sulfide) groups is 1. The van der Waals surface area contributed by atoms with Crippen LogP contribution in [0.4, 0.5) is 5.69 Å². The average molecular weight is 606 g/mol. The molecule has 1 aliphatic rings. The Labute approximate surface area is 252 Å². The van der Waals surface area contributed by atoms with E-state index >= 15 is 0 Å². The van der Waals surface area contributed by atoms with Crippen molar-refractivity contribution in [1.29, 1.82) is 0 Å². The molecule has 9 heteroatoms. The van der Waals surface area contributed by atoms with Crippen LogP contribution in [0.15, 0.2) is 106 Å². The molecule has 41 heavy (non-hydrogen) atoms. The summed E-state index contributed by atoms with van der Waals surface area (Å²) >= 11 is 13.7. The number of nitrogens with zero attached hydrogens (tertiary/aromatic N) is 2. The number of para-hydroxylation sites is 1. The van der Waals surface area contributed by atoms with Gasteiger partial charge in [0.15, 0.2) is 16.7 Å². The first-order valence-electron chi connectivity index (χ1n) is 12.7. The van der Waals surface area contributed by atoms with Crippen molar-refractivity contribution in [1.82, 2.24) is 4.90 Å². The molecule has 0 saturated carbocycles. The number of halogens is 2. The lowest BCUT2D eigenvalue weighted by molar-refractivity contribution is -0.122. The SMILES string of the molecule is C=CCc1cc(/C=C2\SC(=Nc3ccccc3)N(Cc3ccco3)C2=O)cc(OC)c1OCc1ccc(Cl)cc1Cl.